The number of hydrogen-bond donors (Lipinski definition) is 1. The second-order valence-corrected chi connectivity index (χ2v) is 4.13. The number of nitrogens with two attached hydrogens (primary N) is 1. The number of likely N-dealkylation sites (N-methyl/N-ethyl adjacent to an activating group) is 1. The Hall–Kier alpha value is -1.07. The highest BCUT2D eigenvalue weighted by Crippen LogP contribution is 2.23. The van der Waals surface area contributed by atoms with Crippen molar-refractivity contribution in [3.63, 3.8) is 0 Å². The molecule has 0 amide bonds. The third-order valence-electron chi connectivity index (χ3n) is 2.92. The van der Waals surface area contributed by atoms with Crippen LogP contribution in [0, 0.1) is 6.92 Å². The van der Waals surface area contributed by atoms with Gasteiger partial charge in [-0.2, -0.15) is 5.10 Å². The topological polar surface area (TPSA) is 56.3 Å². The number of ether oxygens (including phenoxy) is 1. The van der Waals surface area contributed by atoms with Crippen LogP contribution in [0.3, 0.4) is 0 Å². The fourth-order valence-electron chi connectivity index (χ4n) is 1.93. The van der Waals surface area contributed by atoms with Crippen LogP contribution >= 0.6 is 0 Å². The van der Waals surface area contributed by atoms with E-state index in [0.717, 1.165) is 17.1 Å². The quantitative estimate of drug-likeness (QED) is 0.801. The Morgan fingerprint density at radius 1 is 1.56 bits per heavy atom. The molecule has 1 atom stereocenters. The standard InChI is InChI=1S/C11H22N4O/c1-8(7-16-5)14(3)11-10(6-12)9(2)13-15(11)4/h8H,6-7,12H2,1-5H3. The van der Waals surface area contributed by atoms with Crippen LogP contribution in [-0.2, 0) is 18.3 Å². The number of aryl methyl sites for hydroxylation is 2. The molecule has 0 radical (unpaired) electrons. The van der Waals surface area contributed by atoms with Crippen LogP contribution in [0.5, 0.6) is 0 Å². The maximum Gasteiger partial charge on any atom is 0.131 e. The Morgan fingerprint density at radius 2 is 2.19 bits per heavy atom. The van der Waals surface area contributed by atoms with E-state index >= 15 is 0 Å². The van der Waals surface area contributed by atoms with Gasteiger partial charge in [0.15, 0.2) is 0 Å². The number of nitrogens with zero attached hydrogens (tertiary/aromatic N) is 3. The fraction of sp³-hybridized carbons (Fsp3) is 0.727. The number of anilines is 1. The summed E-state index contributed by atoms with van der Waals surface area (Å²) in [4.78, 5) is 2.16. The van der Waals surface area contributed by atoms with Crippen molar-refractivity contribution in [2.75, 3.05) is 25.7 Å². The first-order valence-corrected chi connectivity index (χ1v) is 5.47. The first-order valence-electron chi connectivity index (χ1n) is 5.47. The van der Waals surface area contributed by atoms with Gasteiger partial charge in [-0.1, -0.05) is 0 Å². The second kappa shape index (κ2) is 5.32. The first kappa shape index (κ1) is 13.0. The molecular weight excluding hydrogens is 204 g/mol. The van der Waals surface area contributed by atoms with Crippen LogP contribution in [0.15, 0.2) is 0 Å². The molecule has 0 aliphatic heterocycles. The van der Waals surface area contributed by atoms with Crippen LogP contribution < -0.4 is 10.6 Å². The van der Waals surface area contributed by atoms with Crippen LogP contribution in [0.2, 0.25) is 0 Å². The van der Waals surface area contributed by atoms with Crippen molar-refractivity contribution in [1.29, 1.82) is 0 Å². The van der Waals surface area contributed by atoms with Crippen LogP contribution in [0.4, 0.5) is 5.82 Å². The SMILES string of the molecule is COCC(C)N(C)c1c(CN)c(C)nn1C. The van der Waals surface area contributed by atoms with Crippen molar-refractivity contribution in [2.24, 2.45) is 12.8 Å². The van der Waals surface area contributed by atoms with Gasteiger partial charge in [0.2, 0.25) is 0 Å². The van der Waals surface area contributed by atoms with E-state index in [4.69, 9.17) is 10.5 Å². The van der Waals surface area contributed by atoms with E-state index in [1.807, 2.05) is 25.7 Å². The molecule has 1 aromatic rings. The molecule has 5 nitrogen and oxygen atoms in total. The molecule has 92 valence electrons. The van der Waals surface area contributed by atoms with Crippen LogP contribution in [0.1, 0.15) is 18.2 Å². The van der Waals surface area contributed by atoms with Gasteiger partial charge in [-0.05, 0) is 13.8 Å². The third kappa shape index (κ3) is 2.36. The normalized spacial score (nSPS) is 12.9. The van der Waals surface area contributed by atoms with E-state index in [0.29, 0.717) is 19.2 Å². The van der Waals surface area contributed by atoms with Crippen LogP contribution in [0.25, 0.3) is 0 Å². The fourth-order valence-corrected chi connectivity index (χ4v) is 1.93. The first-order chi connectivity index (χ1) is 7.52. The number of methoxy groups -OCH3 is 1. The molecule has 0 bridgehead atoms. The molecule has 1 unspecified atom stereocenters. The summed E-state index contributed by atoms with van der Waals surface area (Å²) in [6.45, 7) is 5.30. The maximum absolute atomic E-state index is 5.77. The lowest BCUT2D eigenvalue weighted by Gasteiger charge is -2.27. The zero-order valence-electron chi connectivity index (χ0n) is 10.8. The summed E-state index contributed by atoms with van der Waals surface area (Å²) < 4.78 is 7.04. The van der Waals surface area contributed by atoms with Gasteiger partial charge in [0, 0.05) is 33.3 Å². The largest absolute Gasteiger partial charge is 0.383 e. The van der Waals surface area contributed by atoms with Gasteiger partial charge in [0.05, 0.1) is 18.3 Å². The predicted octanol–water partition coefficient (Wildman–Crippen LogP) is 0.658. The number of aromatic nitrogens is 2. The summed E-state index contributed by atoms with van der Waals surface area (Å²) in [7, 11) is 5.69. The molecule has 0 aliphatic rings. The van der Waals surface area contributed by atoms with Crippen LogP contribution in [-0.4, -0.2) is 36.6 Å². The molecule has 1 heterocycles. The van der Waals surface area contributed by atoms with Gasteiger partial charge in [-0.15, -0.1) is 0 Å². The van der Waals surface area contributed by atoms with E-state index in [2.05, 4.69) is 16.9 Å². The maximum atomic E-state index is 5.77. The minimum Gasteiger partial charge on any atom is -0.383 e. The summed E-state index contributed by atoms with van der Waals surface area (Å²) in [6.07, 6.45) is 0. The van der Waals surface area contributed by atoms with Crippen molar-refractivity contribution >= 4 is 5.82 Å². The van der Waals surface area contributed by atoms with Crippen molar-refractivity contribution in [3.8, 4) is 0 Å². The van der Waals surface area contributed by atoms with E-state index < -0.39 is 0 Å². The van der Waals surface area contributed by atoms with Gasteiger partial charge in [-0.3, -0.25) is 4.68 Å². The molecule has 1 rings (SSSR count). The average Bonchev–Trinajstić information content (AvgIpc) is 2.52. The summed E-state index contributed by atoms with van der Waals surface area (Å²) in [6, 6.07) is 0.296. The Balaban J connectivity index is 3.02. The Kier molecular flexibility index (Phi) is 4.32. The molecule has 0 saturated heterocycles. The van der Waals surface area contributed by atoms with Gasteiger partial charge in [0.25, 0.3) is 0 Å². The van der Waals surface area contributed by atoms with Crippen molar-refractivity contribution in [3.05, 3.63) is 11.3 Å². The lowest BCUT2D eigenvalue weighted by Crippen LogP contribution is -2.34. The molecule has 0 spiro atoms. The molecule has 5 heteroatoms. The highest BCUT2D eigenvalue weighted by atomic mass is 16.5. The summed E-state index contributed by atoms with van der Waals surface area (Å²) in [5.41, 5.74) is 7.87. The van der Waals surface area contributed by atoms with E-state index in [9.17, 15) is 0 Å². The Labute approximate surface area is 97.2 Å². The average molecular weight is 226 g/mol. The lowest BCUT2D eigenvalue weighted by atomic mass is 10.2. The lowest BCUT2D eigenvalue weighted by molar-refractivity contribution is 0.183. The van der Waals surface area contributed by atoms with Gasteiger partial charge in [-0.25, -0.2) is 0 Å². The molecule has 2 N–H and O–H groups in total. The van der Waals surface area contributed by atoms with Crippen molar-refractivity contribution < 1.29 is 4.74 Å². The minimum atomic E-state index is 0.296. The summed E-state index contributed by atoms with van der Waals surface area (Å²) in [5.74, 6) is 1.07. The third-order valence-corrected chi connectivity index (χ3v) is 2.92. The summed E-state index contributed by atoms with van der Waals surface area (Å²) >= 11 is 0. The predicted molar refractivity (Wildman–Crippen MR) is 65.6 cm³/mol. The molecular formula is C11H22N4O. The highest BCUT2D eigenvalue weighted by Gasteiger charge is 2.19. The van der Waals surface area contributed by atoms with Crippen molar-refractivity contribution in [1.82, 2.24) is 9.78 Å². The molecule has 0 saturated carbocycles. The molecule has 1 aromatic heterocycles. The number of hydrogen-bond acceptors (Lipinski definition) is 4. The zero-order chi connectivity index (χ0) is 12.3. The van der Waals surface area contributed by atoms with E-state index in [-0.39, 0.29) is 0 Å². The molecule has 0 aliphatic carbocycles. The Bertz CT molecular complexity index is 348. The van der Waals surface area contributed by atoms with Gasteiger partial charge in [0.1, 0.15) is 5.82 Å². The van der Waals surface area contributed by atoms with E-state index in [1.54, 1.807) is 7.11 Å². The number of rotatable bonds is 5. The summed E-state index contributed by atoms with van der Waals surface area (Å²) in [5, 5.41) is 4.40. The smallest absolute Gasteiger partial charge is 0.131 e. The monoisotopic (exact) mass is 226 g/mol. The molecule has 0 fully saturated rings. The molecule has 0 aromatic carbocycles. The molecule has 16 heavy (non-hydrogen) atoms. The zero-order valence-corrected chi connectivity index (χ0v) is 10.8. The second-order valence-electron chi connectivity index (χ2n) is 4.13. The minimum absolute atomic E-state index is 0.296. The van der Waals surface area contributed by atoms with E-state index in [1.165, 1.54) is 0 Å². The highest BCUT2D eigenvalue weighted by molar-refractivity contribution is 5.50. The van der Waals surface area contributed by atoms with Gasteiger partial charge >= 0.3 is 0 Å². The van der Waals surface area contributed by atoms with Crippen molar-refractivity contribution in [2.45, 2.75) is 26.4 Å². The Morgan fingerprint density at radius 3 is 2.69 bits per heavy atom. The van der Waals surface area contributed by atoms with Gasteiger partial charge < -0.3 is 15.4 Å².